The molecule has 3 nitrogen and oxygen atoms in total. The number of benzene rings is 2. The summed E-state index contributed by atoms with van der Waals surface area (Å²) >= 11 is 12.5. The van der Waals surface area contributed by atoms with E-state index in [9.17, 15) is 0 Å². The van der Waals surface area contributed by atoms with Gasteiger partial charge < -0.3 is 15.4 Å². The Balaban J connectivity index is 1.97. The molecule has 158 valence electrons. The van der Waals surface area contributed by atoms with Crippen LogP contribution in [0, 0.1) is 0 Å². The van der Waals surface area contributed by atoms with Crippen molar-refractivity contribution in [3.63, 3.8) is 0 Å². The van der Waals surface area contributed by atoms with Gasteiger partial charge in [0.1, 0.15) is 12.4 Å². The summed E-state index contributed by atoms with van der Waals surface area (Å²) in [5.41, 5.74) is 9.68. The second-order valence-electron chi connectivity index (χ2n) is 7.79. The molecular weight excluding hydrogens is 403 g/mol. The summed E-state index contributed by atoms with van der Waals surface area (Å²) in [4.78, 5) is 2.64. The molecule has 3 rings (SSSR count). The van der Waals surface area contributed by atoms with Gasteiger partial charge in [-0.3, -0.25) is 0 Å². The highest BCUT2D eigenvalue weighted by atomic mass is 35.5. The van der Waals surface area contributed by atoms with Crippen LogP contribution in [0.1, 0.15) is 49.3 Å². The van der Waals surface area contributed by atoms with E-state index in [1.165, 1.54) is 23.1 Å². The molecule has 1 aliphatic rings. The Kier molecular flexibility index (Phi) is 8.25. The number of hydrogen-bond acceptors (Lipinski definition) is 3. The number of nitrogens with zero attached hydrogens (tertiary/aromatic N) is 1. The van der Waals surface area contributed by atoms with Gasteiger partial charge in [0.25, 0.3) is 0 Å². The summed E-state index contributed by atoms with van der Waals surface area (Å²) in [5, 5.41) is 1.23. The molecule has 2 aromatic carbocycles. The first-order valence-corrected chi connectivity index (χ1v) is 11.5. The zero-order valence-electron chi connectivity index (χ0n) is 17.5. The third-order valence-electron chi connectivity index (χ3n) is 5.90. The molecule has 0 bridgehead atoms. The van der Waals surface area contributed by atoms with E-state index in [0.29, 0.717) is 35.2 Å². The average molecular weight is 435 g/mol. The number of hydrogen-bond donors (Lipinski definition) is 1. The minimum absolute atomic E-state index is 0.393. The van der Waals surface area contributed by atoms with Gasteiger partial charge in [0.05, 0.1) is 10.0 Å². The fourth-order valence-corrected chi connectivity index (χ4v) is 4.89. The van der Waals surface area contributed by atoms with Crippen molar-refractivity contribution in [2.75, 3.05) is 26.2 Å². The molecule has 0 amide bonds. The highest BCUT2D eigenvalue weighted by Crippen LogP contribution is 2.39. The number of nitrogens with two attached hydrogens (primary N) is 1. The van der Waals surface area contributed by atoms with Crippen LogP contribution >= 0.6 is 23.2 Å². The maximum Gasteiger partial charge on any atom is 0.119 e. The molecule has 0 aliphatic heterocycles. The van der Waals surface area contributed by atoms with E-state index in [1.54, 1.807) is 0 Å². The molecule has 0 spiro atoms. The fraction of sp³-hybridized carbons (Fsp3) is 0.500. The highest BCUT2D eigenvalue weighted by molar-refractivity contribution is 6.42. The summed E-state index contributed by atoms with van der Waals surface area (Å²) in [5.74, 6) is 1.30. The van der Waals surface area contributed by atoms with Gasteiger partial charge in [-0.15, -0.1) is 0 Å². The van der Waals surface area contributed by atoms with Crippen LogP contribution < -0.4 is 10.5 Å². The van der Waals surface area contributed by atoms with Crippen molar-refractivity contribution in [1.82, 2.24) is 4.90 Å². The largest absolute Gasteiger partial charge is 0.492 e. The standard InChI is InChI=1S/C24H32Cl2N2O/c1-3-12-28(4-2)24-10-7-18-6-8-19(29-13-11-27)16-20(18)21(24)14-17-5-9-22(25)23(26)15-17/h5-6,8-9,15-16,21,24H,3-4,7,10-14,27H2,1-2H3. The van der Waals surface area contributed by atoms with Gasteiger partial charge in [0, 0.05) is 18.5 Å². The Bertz CT molecular complexity index is 811. The van der Waals surface area contributed by atoms with Crippen molar-refractivity contribution in [3.05, 3.63) is 63.1 Å². The van der Waals surface area contributed by atoms with Crippen LogP contribution in [0.3, 0.4) is 0 Å². The molecule has 2 unspecified atom stereocenters. The monoisotopic (exact) mass is 434 g/mol. The van der Waals surface area contributed by atoms with Gasteiger partial charge in [0.2, 0.25) is 0 Å². The predicted octanol–water partition coefficient (Wildman–Crippen LogP) is 5.70. The number of halogens is 2. The lowest BCUT2D eigenvalue weighted by Gasteiger charge is -2.41. The topological polar surface area (TPSA) is 38.5 Å². The zero-order chi connectivity index (χ0) is 20.8. The summed E-state index contributed by atoms with van der Waals surface area (Å²) in [6, 6.07) is 13.1. The maximum atomic E-state index is 6.32. The number of ether oxygens (including phenoxy) is 1. The quantitative estimate of drug-likeness (QED) is 0.549. The molecule has 0 radical (unpaired) electrons. The summed E-state index contributed by atoms with van der Waals surface area (Å²) < 4.78 is 5.85. The second kappa shape index (κ2) is 10.7. The molecule has 2 aromatic rings. The van der Waals surface area contributed by atoms with Gasteiger partial charge in [-0.05, 0) is 79.7 Å². The Morgan fingerprint density at radius 3 is 2.62 bits per heavy atom. The predicted molar refractivity (Wildman–Crippen MR) is 124 cm³/mol. The van der Waals surface area contributed by atoms with Crippen molar-refractivity contribution in [1.29, 1.82) is 0 Å². The van der Waals surface area contributed by atoms with Crippen LogP contribution in [0.4, 0.5) is 0 Å². The first-order valence-electron chi connectivity index (χ1n) is 10.7. The Hall–Kier alpha value is -1.26. The minimum Gasteiger partial charge on any atom is -0.492 e. The molecular formula is C24H32Cl2N2O. The lowest BCUT2D eigenvalue weighted by Crippen LogP contribution is -2.43. The van der Waals surface area contributed by atoms with Crippen molar-refractivity contribution in [2.45, 2.75) is 51.5 Å². The Labute approximate surface area is 185 Å². The van der Waals surface area contributed by atoms with Gasteiger partial charge in [-0.2, -0.15) is 0 Å². The second-order valence-corrected chi connectivity index (χ2v) is 8.61. The van der Waals surface area contributed by atoms with Crippen LogP contribution in [0.2, 0.25) is 10.0 Å². The van der Waals surface area contributed by atoms with Gasteiger partial charge in [-0.1, -0.05) is 49.2 Å². The van der Waals surface area contributed by atoms with E-state index in [4.69, 9.17) is 33.7 Å². The molecule has 0 aromatic heterocycles. The summed E-state index contributed by atoms with van der Waals surface area (Å²) in [7, 11) is 0. The fourth-order valence-electron chi connectivity index (χ4n) is 4.57. The van der Waals surface area contributed by atoms with Gasteiger partial charge >= 0.3 is 0 Å². The lowest BCUT2D eigenvalue weighted by atomic mass is 9.75. The SMILES string of the molecule is CCCN(CC)C1CCc2ccc(OCCN)cc2C1Cc1ccc(Cl)c(Cl)c1. The first kappa shape index (κ1) is 22.4. The van der Waals surface area contributed by atoms with E-state index < -0.39 is 0 Å². The van der Waals surface area contributed by atoms with Crippen LogP contribution in [0.25, 0.3) is 0 Å². The molecule has 1 aliphatic carbocycles. The van der Waals surface area contributed by atoms with Crippen molar-refractivity contribution in [2.24, 2.45) is 5.73 Å². The zero-order valence-corrected chi connectivity index (χ0v) is 19.0. The third kappa shape index (κ3) is 5.46. The Morgan fingerprint density at radius 2 is 1.93 bits per heavy atom. The Morgan fingerprint density at radius 1 is 1.10 bits per heavy atom. The van der Waals surface area contributed by atoms with Crippen LogP contribution in [-0.2, 0) is 12.8 Å². The van der Waals surface area contributed by atoms with Crippen molar-refractivity contribution < 1.29 is 4.74 Å². The van der Waals surface area contributed by atoms with Crippen LogP contribution in [0.15, 0.2) is 36.4 Å². The van der Waals surface area contributed by atoms with Crippen molar-refractivity contribution in [3.8, 4) is 5.75 Å². The molecule has 2 N–H and O–H groups in total. The number of likely N-dealkylation sites (N-methyl/N-ethyl adjacent to an activating group) is 1. The normalized spacial score (nSPS) is 18.7. The average Bonchev–Trinajstić information content (AvgIpc) is 2.73. The maximum absolute atomic E-state index is 6.32. The minimum atomic E-state index is 0.393. The number of fused-ring (bicyclic) bond motifs is 1. The van der Waals surface area contributed by atoms with E-state index in [2.05, 4.69) is 43.0 Å². The third-order valence-corrected chi connectivity index (χ3v) is 6.64. The lowest BCUT2D eigenvalue weighted by molar-refractivity contribution is 0.160. The smallest absolute Gasteiger partial charge is 0.119 e. The number of aryl methyl sites for hydroxylation is 1. The molecule has 0 fully saturated rings. The van der Waals surface area contributed by atoms with Gasteiger partial charge in [-0.25, -0.2) is 0 Å². The first-order chi connectivity index (χ1) is 14.1. The van der Waals surface area contributed by atoms with Gasteiger partial charge in [0.15, 0.2) is 0 Å². The summed E-state index contributed by atoms with van der Waals surface area (Å²) in [6.07, 6.45) is 4.39. The van der Waals surface area contributed by atoms with Crippen molar-refractivity contribution >= 4 is 23.2 Å². The molecule has 0 saturated carbocycles. The molecule has 5 heteroatoms. The van der Waals surface area contributed by atoms with Crippen LogP contribution in [-0.4, -0.2) is 37.2 Å². The highest BCUT2D eigenvalue weighted by Gasteiger charge is 2.33. The molecule has 0 saturated heterocycles. The van der Waals surface area contributed by atoms with Crippen LogP contribution in [0.5, 0.6) is 5.75 Å². The van der Waals surface area contributed by atoms with E-state index in [0.717, 1.165) is 38.1 Å². The molecule has 2 atom stereocenters. The van der Waals surface area contributed by atoms with E-state index >= 15 is 0 Å². The van der Waals surface area contributed by atoms with E-state index in [-0.39, 0.29) is 0 Å². The molecule has 0 heterocycles. The van der Waals surface area contributed by atoms with E-state index in [1.807, 2.05) is 12.1 Å². The number of rotatable bonds is 9. The molecule has 29 heavy (non-hydrogen) atoms. The summed E-state index contributed by atoms with van der Waals surface area (Å²) in [6.45, 7) is 7.77.